The van der Waals surface area contributed by atoms with Crippen molar-refractivity contribution in [3.05, 3.63) is 0 Å². The zero-order valence-electron chi connectivity index (χ0n) is 8.36. The van der Waals surface area contributed by atoms with Crippen LogP contribution in [0, 0.1) is 11.8 Å². The molecule has 0 aromatic carbocycles. The summed E-state index contributed by atoms with van der Waals surface area (Å²) in [6.45, 7) is 3.42. The summed E-state index contributed by atoms with van der Waals surface area (Å²) in [7, 11) is 0. The molecule has 2 N–H and O–H groups in total. The van der Waals surface area contributed by atoms with Crippen molar-refractivity contribution < 1.29 is 15.0 Å². The van der Waals surface area contributed by atoms with Gasteiger partial charge in [0, 0.05) is 0 Å². The number of carboxylic acids is 1. The van der Waals surface area contributed by atoms with E-state index in [0.717, 1.165) is 5.75 Å². The van der Waals surface area contributed by atoms with Gasteiger partial charge in [0.15, 0.2) is 0 Å². The second-order valence-corrected chi connectivity index (χ2v) is 4.32. The summed E-state index contributed by atoms with van der Waals surface area (Å²) in [4.78, 5) is 10.6. The molecule has 0 heterocycles. The lowest BCUT2D eigenvalue weighted by Crippen LogP contribution is -2.29. The molecule has 0 aromatic rings. The van der Waals surface area contributed by atoms with Crippen LogP contribution in [0.15, 0.2) is 0 Å². The van der Waals surface area contributed by atoms with Gasteiger partial charge in [-0.2, -0.15) is 11.8 Å². The molecule has 4 heteroatoms. The maximum Gasteiger partial charge on any atom is 0.306 e. The molecule has 0 fully saturated rings. The van der Waals surface area contributed by atoms with Crippen LogP contribution in [0.4, 0.5) is 0 Å². The number of aliphatic hydroxyl groups is 1. The van der Waals surface area contributed by atoms with Crippen molar-refractivity contribution in [3.8, 4) is 0 Å². The summed E-state index contributed by atoms with van der Waals surface area (Å²) in [5.41, 5.74) is 0. The van der Waals surface area contributed by atoms with Crippen molar-refractivity contribution in [3.63, 3.8) is 0 Å². The first-order valence-corrected chi connectivity index (χ1v) is 5.79. The second-order valence-electron chi connectivity index (χ2n) is 3.33. The van der Waals surface area contributed by atoms with E-state index < -0.39 is 18.0 Å². The number of rotatable bonds is 6. The lowest BCUT2D eigenvalue weighted by molar-refractivity contribution is -0.144. The Bertz CT molecular complexity index is 161. The Kier molecular flexibility index (Phi) is 6.16. The van der Waals surface area contributed by atoms with Crippen LogP contribution < -0.4 is 0 Å². The van der Waals surface area contributed by atoms with Crippen molar-refractivity contribution in [2.45, 2.75) is 26.4 Å². The van der Waals surface area contributed by atoms with Gasteiger partial charge in [-0.25, -0.2) is 0 Å². The average Bonchev–Trinajstić information content (AvgIpc) is 2.11. The van der Waals surface area contributed by atoms with Crippen LogP contribution in [0.3, 0.4) is 0 Å². The van der Waals surface area contributed by atoms with Gasteiger partial charge in [0.1, 0.15) is 0 Å². The topological polar surface area (TPSA) is 57.5 Å². The van der Waals surface area contributed by atoms with Crippen LogP contribution in [0.2, 0.25) is 0 Å². The minimum absolute atomic E-state index is 0.176. The number of aliphatic hydroxyl groups excluding tert-OH is 1. The summed E-state index contributed by atoms with van der Waals surface area (Å²) in [5, 5.41) is 18.3. The Morgan fingerprint density at radius 3 is 2.38 bits per heavy atom. The van der Waals surface area contributed by atoms with Crippen LogP contribution in [-0.2, 0) is 4.79 Å². The van der Waals surface area contributed by atoms with Crippen LogP contribution in [0.1, 0.15) is 20.3 Å². The Morgan fingerprint density at radius 1 is 1.46 bits per heavy atom. The largest absolute Gasteiger partial charge is 0.481 e. The molecule has 0 aliphatic rings. The lowest BCUT2D eigenvalue weighted by Gasteiger charge is -2.21. The van der Waals surface area contributed by atoms with E-state index in [0.29, 0.717) is 6.42 Å². The van der Waals surface area contributed by atoms with Crippen molar-refractivity contribution in [1.29, 1.82) is 0 Å². The average molecular weight is 206 g/mol. The fourth-order valence-corrected chi connectivity index (χ4v) is 1.54. The SMILES string of the molecule is CSCCC(O)C(C)C(C)C(=O)O. The molecule has 0 aliphatic carbocycles. The predicted molar refractivity (Wildman–Crippen MR) is 55.0 cm³/mol. The van der Waals surface area contributed by atoms with Gasteiger partial charge in [-0.05, 0) is 24.3 Å². The van der Waals surface area contributed by atoms with Gasteiger partial charge in [-0.1, -0.05) is 13.8 Å². The molecule has 0 aliphatic heterocycles. The highest BCUT2D eigenvalue weighted by Gasteiger charge is 2.25. The second kappa shape index (κ2) is 6.27. The molecule has 0 aromatic heterocycles. The standard InChI is InChI=1S/C9H18O3S/c1-6(7(2)9(11)12)8(10)4-5-13-3/h6-8,10H,4-5H2,1-3H3,(H,11,12). The number of thioether (sulfide) groups is 1. The van der Waals surface area contributed by atoms with Gasteiger partial charge in [0.2, 0.25) is 0 Å². The van der Waals surface area contributed by atoms with E-state index in [1.165, 1.54) is 0 Å². The molecular weight excluding hydrogens is 188 g/mol. The van der Waals surface area contributed by atoms with Crippen molar-refractivity contribution in [2.75, 3.05) is 12.0 Å². The molecule has 0 rings (SSSR count). The van der Waals surface area contributed by atoms with E-state index in [2.05, 4.69) is 0 Å². The highest BCUT2D eigenvalue weighted by molar-refractivity contribution is 7.98. The van der Waals surface area contributed by atoms with Crippen molar-refractivity contribution >= 4 is 17.7 Å². The summed E-state index contributed by atoms with van der Waals surface area (Å²) in [6.07, 6.45) is 2.14. The smallest absolute Gasteiger partial charge is 0.306 e. The maximum absolute atomic E-state index is 10.6. The molecule has 3 unspecified atom stereocenters. The molecule has 0 amide bonds. The Balaban J connectivity index is 3.93. The fourth-order valence-electron chi connectivity index (χ4n) is 1.06. The zero-order valence-corrected chi connectivity index (χ0v) is 9.17. The van der Waals surface area contributed by atoms with E-state index in [1.807, 2.05) is 6.26 Å². The van der Waals surface area contributed by atoms with Gasteiger partial charge in [0.05, 0.1) is 12.0 Å². The molecule has 0 spiro atoms. The molecule has 78 valence electrons. The van der Waals surface area contributed by atoms with E-state index in [4.69, 9.17) is 5.11 Å². The number of hydrogen-bond acceptors (Lipinski definition) is 3. The number of carbonyl (C=O) groups is 1. The van der Waals surface area contributed by atoms with Crippen LogP contribution in [-0.4, -0.2) is 34.3 Å². The molecule has 0 bridgehead atoms. The quantitative estimate of drug-likeness (QED) is 0.690. The Labute approximate surface area is 83.5 Å². The first-order valence-electron chi connectivity index (χ1n) is 4.40. The van der Waals surface area contributed by atoms with E-state index in [1.54, 1.807) is 25.6 Å². The molecular formula is C9H18O3S. The molecule has 13 heavy (non-hydrogen) atoms. The van der Waals surface area contributed by atoms with Crippen molar-refractivity contribution in [1.82, 2.24) is 0 Å². The van der Waals surface area contributed by atoms with Crippen LogP contribution in [0.25, 0.3) is 0 Å². The molecule has 0 saturated carbocycles. The summed E-state index contributed by atoms with van der Waals surface area (Å²) in [5.74, 6) is -0.616. The van der Waals surface area contributed by atoms with Crippen LogP contribution >= 0.6 is 11.8 Å². The van der Waals surface area contributed by atoms with E-state index >= 15 is 0 Å². The summed E-state index contributed by atoms with van der Waals surface area (Å²) >= 11 is 1.66. The highest BCUT2D eigenvalue weighted by atomic mass is 32.2. The normalized spacial score (nSPS) is 17.8. The third kappa shape index (κ3) is 4.52. The zero-order chi connectivity index (χ0) is 10.4. The van der Waals surface area contributed by atoms with Gasteiger partial charge >= 0.3 is 5.97 Å². The summed E-state index contributed by atoms with van der Waals surface area (Å²) in [6, 6.07) is 0. The molecule has 3 atom stereocenters. The van der Waals surface area contributed by atoms with E-state index in [9.17, 15) is 9.90 Å². The number of carboxylic acid groups (broad SMARTS) is 1. The minimum Gasteiger partial charge on any atom is -0.481 e. The number of hydrogen-bond donors (Lipinski definition) is 2. The predicted octanol–water partition coefficient (Wildman–Crippen LogP) is 1.46. The molecule has 3 nitrogen and oxygen atoms in total. The first-order chi connectivity index (χ1) is 6.00. The molecule has 0 saturated heterocycles. The summed E-state index contributed by atoms with van der Waals surface area (Å²) < 4.78 is 0. The first kappa shape index (κ1) is 12.8. The Morgan fingerprint density at radius 2 is 2.00 bits per heavy atom. The van der Waals surface area contributed by atoms with Gasteiger partial charge in [-0.15, -0.1) is 0 Å². The van der Waals surface area contributed by atoms with Gasteiger partial charge < -0.3 is 10.2 Å². The van der Waals surface area contributed by atoms with E-state index in [-0.39, 0.29) is 5.92 Å². The number of aliphatic carboxylic acids is 1. The Hall–Kier alpha value is -0.220. The lowest BCUT2D eigenvalue weighted by atomic mass is 9.89. The van der Waals surface area contributed by atoms with Gasteiger partial charge in [0.25, 0.3) is 0 Å². The van der Waals surface area contributed by atoms with Crippen molar-refractivity contribution in [2.24, 2.45) is 11.8 Å². The minimum atomic E-state index is -0.837. The third-order valence-electron chi connectivity index (χ3n) is 2.40. The highest BCUT2D eigenvalue weighted by Crippen LogP contribution is 2.18. The fraction of sp³-hybridized carbons (Fsp3) is 0.889. The van der Waals surface area contributed by atoms with Gasteiger partial charge in [-0.3, -0.25) is 4.79 Å². The third-order valence-corrected chi connectivity index (χ3v) is 3.05. The molecule has 0 radical (unpaired) electrons. The van der Waals surface area contributed by atoms with Crippen LogP contribution in [0.5, 0.6) is 0 Å². The monoisotopic (exact) mass is 206 g/mol. The maximum atomic E-state index is 10.6.